The van der Waals surface area contributed by atoms with E-state index < -0.39 is 0 Å². The minimum absolute atomic E-state index is 0.805. The van der Waals surface area contributed by atoms with Crippen molar-refractivity contribution in [3.8, 4) is 0 Å². The average Bonchev–Trinajstić information content (AvgIpc) is 1.88. The van der Waals surface area contributed by atoms with Crippen LogP contribution in [-0.4, -0.2) is 0 Å². The van der Waals surface area contributed by atoms with Gasteiger partial charge in [-0.1, -0.05) is 41.4 Å². The van der Waals surface area contributed by atoms with Crippen molar-refractivity contribution < 1.29 is 0 Å². The Morgan fingerprint density at radius 3 is 2.20 bits per heavy atom. The van der Waals surface area contributed by atoms with Crippen LogP contribution in [0.5, 0.6) is 0 Å². The number of halogens is 2. The van der Waals surface area contributed by atoms with E-state index in [1.807, 2.05) is 26.0 Å². The smallest absolute Gasteiger partial charge is 0.0179 e. The number of rotatable bonds is 2. The van der Waals surface area contributed by atoms with Gasteiger partial charge in [-0.15, -0.1) is 0 Å². The van der Waals surface area contributed by atoms with Gasteiger partial charge in [0, 0.05) is 10.6 Å². The molecule has 0 spiro atoms. The van der Waals surface area contributed by atoms with Crippen LogP contribution in [-0.2, 0) is 0 Å². The Bertz CT molecular complexity index is 172. The Morgan fingerprint density at radius 1 is 1.20 bits per heavy atom. The van der Waals surface area contributed by atoms with E-state index in [1.165, 1.54) is 5.54 Å². The quantitative estimate of drug-likeness (QED) is 0.562. The molecular formula is C8H10Cl2. The maximum absolute atomic E-state index is 5.68. The second kappa shape index (κ2) is 5.57. The molecule has 0 bridgehead atoms. The van der Waals surface area contributed by atoms with Gasteiger partial charge in [0.15, 0.2) is 0 Å². The van der Waals surface area contributed by atoms with Gasteiger partial charge in [0.2, 0.25) is 0 Å². The van der Waals surface area contributed by atoms with Crippen molar-refractivity contribution in [3.05, 3.63) is 34.4 Å². The molecule has 0 rings (SSSR count). The van der Waals surface area contributed by atoms with Crippen LogP contribution in [0.25, 0.3) is 0 Å². The molecule has 0 aromatic carbocycles. The third-order valence-electron chi connectivity index (χ3n) is 1.07. The van der Waals surface area contributed by atoms with Gasteiger partial charge in [0.25, 0.3) is 0 Å². The van der Waals surface area contributed by atoms with Gasteiger partial charge in [-0.05, 0) is 19.4 Å². The van der Waals surface area contributed by atoms with E-state index in [0.29, 0.717) is 0 Å². The normalized spacial score (nSPS) is 14.8. The van der Waals surface area contributed by atoms with E-state index in [9.17, 15) is 0 Å². The van der Waals surface area contributed by atoms with Gasteiger partial charge >= 0.3 is 0 Å². The van der Waals surface area contributed by atoms with Crippen molar-refractivity contribution in [2.45, 2.75) is 13.8 Å². The summed E-state index contributed by atoms with van der Waals surface area (Å²) in [4.78, 5) is 0. The molecule has 0 unspecified atom stereocenters. The maximum Gasteiger partial charge on any atom is 0.0179 e. The van der Waals surface area contributed by atoms with Gasteiger partial charge in [-0.3, -0.25) is 0 Å². The zero-order valence-electron chi connectivity index (χ0n) is 6.07. The molecule has 0 saturated heterocycles. The second-order valence-electron chi connectivity index (χ2n) is 1.89. The molecule has 0 heterocycles. The predicted octanol–water partition coefficient (Wildman–Crippen LogP) is 3.83. The summed E-state index contributed by atoms with van der Waals surface area (Å²) < 4.78 is 0. The van der Waals surface area contributed by atoms with Crippen LogP contribution in [0.4, 0.5) is 0 Å². The Labute approximate surface area is 71.8 Å². The molecule has 0 amide bonds. The van der Waals surface area contributed by atoms with Crippen LogP contribution in [0.1, 0.15) is 13.8 Å². The number of hydrogen-bond donors (Lipinski definition) is 0. The van der Waals surface area contributed by atoms with Gasteiger partial charge in [-0.2, -0.15) is 0 Å². The minimum Gasteiger partial charge on any atom is -0.0930 e. The summed E-state index contributed by atoms with van der Waals surface area (Å²) in [6.07, 6.45) is 5.49. The fourth-order valence-corrected chi connectivity index (χ4v) is 0.504. The monoisotopic (exact) mass is 176 g/mol. The minimum atomic E-state index is 0.805. The van der Waals surface area contributed by atoms with Crippen LogP contribution >= 0.6 is 23.2 Å². The van der Waals surface area contributed by atoms with Crippen LogP contribution in [0.3, 0.4) is 0 Å². The van der Waals surface area contributed by atoms with E-state index in [2.05, 4.69) is 0 Å². The highest BCUT2D eigenvalue weighted by molar-refractivity contribution is 6.29. The topological polar surface area (TPSA) is 0 Å². The largest absolute Gasteiger partial charge is 0.0930 e. The van der Waals surface area contributed by atoms with Crippen molar-refractivity contribution in [1.82, 2.24) is 0 Å². The predicted molar refractivity (Wildman–Crippen MR) is 48.4 cm³/mol. The molecule has 0 fully saturated rings. The maximum atomic E-state index is 5.68. The van der Waals surface area contributed by atoms with Gasteiger partial charge < -0.3 is 0 Å². The zero-order chi connectivity index (χ0) is 7.98. The summed E-state index contributed by atoms with van der Waals surface area (Å²) >= 11 is 11.0. The lowest BCUT2D eigenvalue weighted by Crippen LogP contribution is -1.68. The van der Waals surface area contributed by atoms with Crippen molar-refractivity contribution in [1.29, 1.82) is 0 Å². The molecule has 0 aliphatic heterocycles. The lowest BCUT2D eigenvalue weighted by atomic mass is 10.2. The van der Waals surface area contributed by atoms with Gasteiger partial charge in [0.05, 0.1) is 0 Å². The fraction of sp³-hybridized carbons (Fsp3) is 0.250. The lowest BCUT2D eigenvalue weighted by Gasteiger charge is -1.89. The summed E-state index contributed by atoms with van der Waals surface area (Å²) in [5.74, 6) is 0. The highest BCUT2D eigenvalue weighted by Gasteiger charge is 1.84. The van der Waals surface area contributed by atoms with Crippen LogP contribution in [0, 0.1) is 0 Å². The first-order valence-electron chi connectivity index (χ1n) is 2.95. The van der Waals surface area contributed by atoms with E-state index in [0.717, 1.165) is 10.6 Å². The number of allylic oxidation sites excluding steroid dienone is 5. The number of hydrogen-bond acceptors (Lipinski definition) is 0. The summed E-state index contributed by atoms with van der Waals surface area (Å²) in [6.45, 7) is 3.80. The van der Waals surface area contributed by atoms with Gasteiger partial charge in [0.1, 0.15) is 0 Å². The molecule has 2 heteroatoms. The summed E-state index contributed by atoms with van der Waals surface area (Å²) in [7, 11) is 0. The van der Waals surface area contributed by atoms with E-state index in [4.69, 9.17) is 23.2 Å². The molecule has 0 atom stereocenters. The molecule has 0 saturated carbocycles. The highest BCUT2D eigenvalue weighted by atomic mass is 35.5. The van der Waals surface area contributed by atoms with Crippen molar-refractivity contribution in [3.63, 3.8) is 0 Å². The molecule has 0 radical (unpaired) electrons. The Kier molecular flexibility index (Phi) is 5.46. The van der Waals surface area contributed by atoms with Crippen LogP contribution < -0.4 is 0 Å². The first-order chi connectivity index (χ1) is 4.68. The van der Waals surface area contributed by atoms with Gasteiger partial charge in [-0.25, -0.2) is 0 Å². The molecule has 0 nitrogen and oxygen atoms in total. The lowest BCUT2D eigenvalue weighted by molar-refractivity contribution is 1.44. The summed E-state index contributed by atoms with van der Waals surface area (Å²) in [5.41, 5.74) is 2.50. The van der Waals surface area contributed by atoms with E-state index in [-0.39, 0.29) is 0 Å². The molecule has 0 aliphatic carbocycles. The Hall–Kier alpha value is -0.200. The van der Waals surface area contributed by atoms with E-state index >= 15 is 0 Å². The van der Waals surface area contributed by atoms with Crippen molar-refractivity contribution in [2.75, 3.05) is 0 Å². The first-order valence-corrected chi connectivity index (χ1v) is 3.76. The Balaban J connectivity index is 4.03. The second-order valence-corrected chi connectivity index (χ2v) is 2.71. The molecule has 0 aliphatic rings. The van der Waals surface area contributed by atoms with E-state index in [1.54, 1.807) is 6.08 Å². The molecular weight excluding hydrogens is 167 g/mol. The summed E-state index contributed by atoms with van der Waals surface area (Å²) in [6, 6.07) is 0. The fourth-order valence-electron chi connectivity index (χ4n) is 0.357. The highest BCUT2D eigenvalue weighted by Crippen LogP contribution is 2.08. The third kappa shape index (κ3) is 4.66. The van der Waals surface area contributed by atoms with Crippen molar-refractivity contribution in [2.24, 2.45) is 0 Å². The molecule has 0 aromatic rings. The first kappa shape index (κ1) is 9.80. The van der Waals surface area contributed by atoms with Crippen molar-refractivity contribution >= 4 is 23.2 Å². The molecule has 0 N–H and O–H groups in total. The average molecular weight is 177 g/mol. The third-order valence-corrected chi connectivity index (χ3v) is 1.52. The Morgan fingerprint density at radius 2 is 1.80 bits per heavy atom. The molecule has 56 valence electrons. The zero-order valence-corrected chi connectivity index (χ0v) is 7.58. The van der Waals surface area contributed by atoms with Crippen LogP contribution in [0.2, 0.25) is 0 Å². The molecule has 0 aromatic heterocycles. The summed E-state index contributed by atoms with van der Waals surface area (Å²) in [5, 5.41) is 0.805. The van der Waals surface area contributed by atoms with Crippen LogP contribution in [0.15, 0.2) is 34.4 Å². The standard InChI is InChI=1S/C8H10Cl2/c1-7(8(2)10)5-3-4-6-9/h3-6H,1-2H3/b5-3-,6-4+,8-7+. The SMILES string of the molecule is C\C(Cl)=C(C)/C=C\C=C\Cl. The molecule has 10 heavy (non-hydrogen) atoms.